The number of benzene rings is 2. The molecule has 0 saturated carbocycles. The number of rotatable bonds is 2. The summed E-state index contributed by atoms with van der Waals surface area (Å²) in [5.41, 5.74) is 7.28. The zero-order chi connectivity index (χ0) is 14.1. The first-order valence-electron chi connectivity index (χ1n) is 6.20. The third-order valence-electron chi connectivity index (χ3n) is 3.34. The van der Waals surface area contributed by atoms with Crippen molar-refractivity contribution in [3.63, 3.8) is 0 Å². The van der Waals surface area contributed by atoms with Crippen LogP contribution in [0.3, 0.4) is 0 Å². The first kappa shape index (κ1) is 13.0. The summed E-state index contributed by atoms with van der Waals surface area (Å²) in [4.78, 5) is 4.17. The number of hydrogen-bond acceptors (Lipinski definition) is 2. The maximum absolute atomic E-state index is 14.0. The van der Waals surface area contributed by atoms with Gasteiger partial charge in [0.2, 0.25) is 0 Å². The number of nitrogens with two attached hydrogens (primary N) is 1. The standard InChI is InChI=1S/C16H12ClFN2/c17-13-6-3-7-14(18)15(13)16(19)12-9-20-8-10-4-1-2-5-11(10)12/h1-9,16H,19H2. The van der Waals surface area contributed by atoms with Crippen LogP contribution in [0.5, 0.6) is 0 Å². The lowest BCUT2D eigenvalue weighted by atomic mass is 9.96. The van der Waals surface area contributed by atoms with E-state index in [1.807, 2.05) is 24.3 Å². The molecule has 0 radical (unpaired) electrons. The van der Waals surface area contributed by atoms with Crippen molar-refractivity contribution < 1.29 is 4.39 Å². The van der Waals surface area contributed by atoms with Crippen LogP contribution >= 0.6 is 11.6 Å². The van der Waals surface area contributed by atoms with Crippen molar-refractivity contribution in [1.82, 2.24) is 4.98 Å². The van der Waals surface area contributed by atoms with Crippen molar-refractivity contribution in [3.05, 3.63) is 76.8 Å². The van der Waals surface area contributed by atoms with E-state index >= 15 is 0 Å². The molecule has 0 aliphatic heterocycles. The van der Waals surface area contributed by atoms with E-state index in [9.17, 15) is 4.39 Å². The van der Waals surface area contributed by atoms with Gasteiger partial charge in [-0.3, -0.25) is 4.98 Å². The molecular weight excluding hydrogens is 275 g/mol. The number of pyridine rings is 1. The quantitative estimate of drug-likeness (QED) is 0.771. The summed E-state index contributed by atoms with van der Waals surface area (Å²) in [7, 11) is 0. The minimum absolute atomic E-state index is 0.298. The molecule has 2 aromatic carbocycles. The van der Waals surface area contributed by atoms with Crippen LogP contribution in [0.2, 0.25) is 5.02 Å². The van der Waals surface area contributed by atoms with Crippen LogP contribution in [0.4, 0.5) is 4.39 Å². The monoisotopic (exact) mass is 286 g/mol. The fourth-order valence-electron chi connectivity index (χ4n) is 2.35. The van der Waals surface area contributed by atoms with Gasteiger partial charge in [0.25, 0.3) is 0 Å². The highest BCUT2D eigenvalue weighted by Crippen LogP contribution is 2.31. The molecular formula is C16H12ClFN2. The molecule has 0 saturated heterocycles. The van der Waals surface area contributed by atoms with Gasteiger partial charge in [-0.05, 0) is 23.1 Å². The van der Waals surface area contributed by atoms with Gasteiger partial charge in [-0.2, -0.15) is 0 Å². The summed E-state index contributed by atoms with van der Waals surface area (Å²) in [6, 6.07) is 11.6. The third kappa shape index (κ3) is 2.15. The van der Waals surface area contributed by atoms with E-state index in [1.54, 1.807) is 24.5 Å². The van der Waals surface area contributed by atoms with Crippen molar-refractivity contribution in [2.24, 2.45) is 5.73 Å². The molecule has 100 valence electrons. The molecule has 1 unspecified atom stereocenters. The Balaban J connectivity index is 2.21. The fraction of sp³-hybridized carbons (Fsp3) is 0.0625. The van der Waals surface area contributed by atoms with E-state index in [-0.39, 0.29) is 0 Å². The summed E-state index contributed by atoms with van der Waals surface area (Å²) in [5, 5.41) is 2.24. The number of fused-ring (bicyclic) bond motifs is 1. The van der Waals surface area contributed by atoms with Gasteiger partial charge >= 0.3 is 0 Å². The number of aromatic nitrogens is 1. The molecule has 4 heteroatoms. The molecule has 0 amide bonds. The summed E-state index contributed by atoms with van der Waals surface area (Å²) in [6.45, 7) is 0. The molecule has 2 nitrogen and oxygen atoms in total. The van der Waals surface area contributed by atoms with Gasteiger partial charge in [-0.25, -0.2) is 4.39 Å². The van der Waals surface area contributed by atoms with Crippen LogP contribution in [-0.4, -0.2) is 4.98 Å². The summed E-state index contributed by atoms with van der Waals surface area (Å²) in [5.74, 6) is -0.405. The van der Waals surface area contributed by atoms with E-state index in [4.69, 9.17) is 17.3 Å². The SMILES string of the molecule is NC(c1c(F)cccc1Cl)c1cncc2ccccc12. The molecule has 1 heterocycles. The lowest BCUT2D eigenvalue weighted by Gasteiger charge is -2.16. The highest BCUT2D eigenvalue weighted by atomic mass is 35.5. The molecule has 3 aromatic rings. The Morgan fingerprint density at radius 3 is 2.65 bits per heavy atom. The second-order valence-corrected chi connectivity index (χ2v) is 4.97. The van der Waals surface area contributed by atoms with Crippen LogP contribution in [0, 0.1) is 5.82 Å². The topological polar surface area (TPSA) is 38.9 Å². The predicted octanol–water partition coefficient (Wildman–Crippen LogP) is 4.08. The molecule has 1 aromatic heterocycles. The summed E-state index contributed by atoms with van der Waals surface area (Å²) in [6.07, 6.45) is 3.42. The average molecular weight is 287 g/mol. The molecule has 0 spiro atoms. The smallest absolute Gasteiger partial charge is 0.129 e. The second kappa shape index (κ2) is 5.19. The lowest BCUT2D eigenvalue weighted by molar-refractivity contribution is 0.600. The minimum atomic E-state index is -0.651. The fourth-order valence-corrected chi connectivity index (χ4v) is 2.63. The number of nitrogens with zero attached hydrogens (tertiary/aromatic N) is 1. The van der Waals surface area contributed by atoms with Crippen LogP contribution in [0.15, 0.2) is 54.9 Å². The molecule has 0 aliphatic carbocycles. The maximum atomic E-state index is 14.0. The molecule has 0 aliphatic rings. The van der Waals surface area contributed by atoms with Gasteiger partial charge in [0, 0.05) is 28.4 Å². The third-order valence-corrected chi connectivity index (χ3v) is 3.67. The Morgan fingerprint density at radius 2 is 1.85 bits per heavy atom. The Kier molecular flexibility index (Phi) is 3.38. The molecule has 1 atom stereocenters. The number of halogens is 2. The van der Waals surface area contributed by atoms with E-state index < -0.39 is 11.9 Å². The summed E-state index contributed by atoms with van der Waals surface area (Å²) >= 11 is 6.09. The molecule has 20 heavy (non-hydrogen) atoms. The molecule has 0 fully saturated rings. The van der Waals surface area contributed by atoms with Crippen molar-refractivity contribution in [1.29, 1.82) is 0 Å². The normalized spacial score (nSPS) is 12.6. The highest BCUT2D eigenvalue weighted by Gasteiger charge is 2.19. The van der Waals surface area contributed by atoms with Gasteiger partial charge < -0.3 is 5.73 Å². The average Bonchev–Trinajstić information content (AvgIpc) is 2.46. The van der Waals surface area contributed by atoms with Gasteiger partial charge in [-0.1, -0.05) is 41.9 Å². The summed E-state index contributed by atoms with van der Waals surface area (Å²) < 4.78 is 14.0. The van der Waals surface area contributed by atoms with Gasteiger partial charge in [0.1, 0.15) is 5.82 Å². The van der Waals surface area contributed by atoms with Gasteiger partial charge in [0.05, 0.1) is 6.04 Å². The predicted molar refractivity (Wildman–Crippen MR) is 79.2 cm³/mol. The van der Waals surface area contributed by atoms with E-state index in [2.05, 4.69) is 4.98 Å². The van der Waals surface area contributed by atoms with Gasteiger partial charge in [-0.15, -0.1) is 0 Å². The Morgan fingerprint density at radius 1 is 1.05 bits per heavy atom. The Hall–Kier alpha value is -1.97. The number of hydrogen-bond donors (Lipinski definition) is 1. The first-order valence-corrected chi connectivity index (χ1v) is 6.58. The minimum Gasteiger partial charge on any atom is -0.320 e. The zero-order valence-corrected chi connectivity index (χ0v) is 11.3. The molecule has 2 N–H and O–H groups in total. The van der Waals surface area contributed by atoms with E-state index in [0.717, 1.165) is 16.3 Å². The van der Waals surface area contributed by atoms with Gasteiger partial charge in [0.15, 0.2) is 0 Å². The van der Waals surface area contributed by atoms with Crippen LogP contribution < -0.4 is 5.73 Å². The van der Waals surface area contributed by atoms with Crippen molar-refractivity contribution >= 4 is 22.4 Å². The van der Waals surface area contributed by atoms with Crippen molar-refractivity contribution in [2.45, 2.75) is 6.04 Å². The Labute approximate surface area is 121 Å². The second-order valence-electron chi connectivity index (χ2n) is 4.56. The highest BCUT2D eigenvalue weighted by molar-refractivity contribution is 6.31. The molecule has 3 rings (SSSR count). The Bertz CT molecular complexity index is 748. The maximum Gasteiger partial charge on any atom is 0.129 e. The van der Waals surface area contributed by atoms with Crippen LogP contribution in [0.25, 0.3) is 10.8 Å². The van der Waals surface area contributed by atoms with Crippen molar-refractivity contribution in [2.75, 3.05) is 0 Å². The zero-order valence-electron chi connectivity index (χ0n) is 10.6. The van der Waals surface area contributed by atoms with Crippen LogP contribution in [0.1, 0.15) is 17.2 Å². The van der Waals surface area contributed by atoms with E-state index in [0.29, 0.717) is 10.6 Å². The van der Waals surface area contributed by atoms with E-state index in [1.165, 1.54) is 6.07 Å². The first-order chi connectivity index (χ1) is 9.68. The largest absolute Gasteiger partial charge is 0.320 e. The van der Waals surface area contributed by atoms with Crippen molar-refractivity contribution in [3.8, 4) is 0 Å². The van der Waals surface area contributed by atoms with Crippen LogP contribution in [-0.2, 0) is 0 Å². The molecule has 0 bridgehead atoms. The lowest BCUT2D eigenvalue weighted by Crippen LogP contribution is -2.15.